The van der Waals surface area contributed by atoms with Crippen LogP contribution in [0.15, 0.2) is 30.2 Å². The zero-order valence-electron chi connectivity index (χ0n) is 19.3. The molecular weight excluding hydrogens is 386 g/mol. The van der Waals surface area contributed by atoms with Crippen molar-refractivity contribution in [2.45, 2.75) is 78.1 Å². The molecular formula is C27H31NO3. The van der Waals surface area contributed by atoms with Crippen molar-refractivity contribution >= 4 is 17.1 Å². The summed E-state index contributed by atoms with van der Waals surface area (Å²) >= 11 is 0. The van der Waals surface area contributed by atoms with Crippen LogP contribution < -0.4 is 0 Å². The monoisotopic (exact) mass is 417 g/mol. The molecule has 0 amide bonds. The number of aromatic nitrogens is 1. The summed E-state index contributed by atoms with van der Waals surface area (Å²) in [6.07, 6.45) is 4.44. The van der Waals surface area contributed by atoms with E-state index in [0.717, 1.165) is 18.4 Å². The van der Waals surface area contributed by atoms with Gasteiger partial charge >= 0.3 is 0 Å². The second-order valence-electron chi connectivity index (χ2n) is 10.4. The van der Waals surface area contributed by atoms with Crippen molar-refractivity contribution in [3.63, 3.8) is 0 Å². The van der Waals surface area contributed by atoms with Crippen LogP contribution in [0.4, 0.5) is 0 Å². The van der Waals surface area contributed by atoms with Gasteiger partial charge in [-0.25, -0.2) is 0 Å². The second kappa shape index (κ2) is 7.15. The number of carbonyl (C=O) groups is 2. The van der Waals surface area contributed by atoms with Crippen LogP contribution in [0.5, 0.6) is 0 Å². The lowest BCUT2D eigenvalue weighted by Gasteiger charge is -2.42. The Kier molecular flexibility index (Phi) is 4.95. The topological polar surface area (TPSA) is 67.3 Å². The van der Waals surface area contributed by atoms with E-state index in [0.29, 0.717) is 40.8 Å². The third-order valence-corrected chi connectivity index (χ3v) is 7.18. The molecule has 162 valence electrons. The number of aliphatic hydroxyl groups excluding tert-OH is 1. The lowest BCUT2D eigenvalue weighted by Crippen LogP contribution is -2.34. The van der Waals surface area contributed by atoms with Crippen LogP contribution in [0.1, 0.15) is 97.2 Å². The molecule has 0 radical (unpaired) electrons. The molecule has 4 rings (SSSR count). The highest BCUT2D eigenvalue weighted by Crippen LogP contribution is 2.46. The standard InChI is InChI=1S/C27H31NO3/c1-15-12-19-20(27(5,6)10-9-26(19,3)4)13-18(15)25(31)24-16(2)11-17(14-28-24)23-21(29)7-8-22(23)30/h11-14,29H,7-10H2,1-6H3. The molecule has 1 heterocycles. The number of aryl methyl sites for hydroxylation is 2. The fourth-order valence-corrected chi connectivity index (χ4v) is 5.01. The van der Waals surface area contributed by atoms with Gasteiger partial charge in [-0.1, -0.05) is 33.8 Å². The third-order valence-electron chi connectivity index (χ3n) is 7.18. The number of Topliss-reactive ketones (excluding diaryl/α,β-unsaturated/α-hetero) is 1. The van der Waals surface area contributed by atoms with Crippen molar-refractivity contribution in [1.29, 1.82) is 0 Å². The number of fused-ring (bicyclic) bond motifs is 1. The highest BCUT2D eigenvalue weighted by Gasteiger charge is 2.38. The van der Waals surface area contributed by atoms with Crippen molar-refractivity contribution < 1.29 is 14.7 Å². The van der Waals surface area contributed by atoms with Gasteiger partial charge in [0.25, 0.3) is 0 Å². The van der Waals surface area contributed by atoms with Gasteiger partial charge in [-0.15, -0.1) is 0 Å². The highest BCUT2D eigenvalue weighted by molar-refractivity contribution is 6.23. The van der Waals surface area contributed by atoms with E-state index in [4.69, 9.17) is 0 Å². The van der Waals surface area contributed by atoms with Gasteiger partial charge in [0.15, 0.2) is 5.78 Å². The predicted molar refractivity (Wildman–Crippen MR) is 123 cm³/mol. The molecule has 1 aromatic carbocycles. The largest absolute Gasteiger partial charge is 0.512 e. The molecule has 0 spiro atoms. The molecule has 0 saturated carbocycles. The minimum absolute atomic E-state index is 0.0206. The van der Waals surface area contributed by atoms with Crippen LogP contribution in [0.25, 0.3) is 5.57 Å². The van der Waals surface area contributed by atoms with Crippen LogP contribution in [0, 0.1) is 13.8 Å². The number of pyridine rings is 1. The summed E-state index contributed by atoms with van der Waals surface area (Å²) in [4.78, 5) is 30.1. The molecule has 4 nitrogen and oxygen atoms in total. The van der Waals surface area contributed by atoms with Crippen LogP contribution >= 0.6 is 0 Å². The van der Waals surface area contributed by atoms with Crippen molar-refractivity contribution in [3.8, 4) is 0 Å². The number of aliphatic hydroxyl groups is 1. The van der Waals surface area contributed by atoms with E-state index < -0.39 is 0 Å². The molecule has 2 aliphatic rings. The Morgan fingerprint density at radius 2 is 1.55 bits per heavy atom. The van der Waals surface area contributed by atoms with Gasteiger partial charge in [-0.2, -0.15) is 0 Å². The first-order valence-electron chi connectivity index (χ1n) is 11.0. The molecule has 0 bridgehead atoms. The molecule has 0 unspecified atom stereocenters. The van der Waals surface area contributed by atoms with Gasteiger partial charge in [0.2, 0.25) is 5.78 Å². The maximum atomic E-state index is 13.5. The Morgan fingerprint density at radius 1 is 0.935 bits per heavy atom. The van der Waals surface area contributed by atoms with E-state index in [9.17, 15) is 14.7 Å². The smallest absolute Gasteiger partial charge is 0.211 e. The Labute approximate surface area is 184 Å². The third kappa shape index (κ3) is 3.52. The Balaban J connectivity index is 1.77. The van der Waals surface area contributed by atoms with Gasteiger partial charge < -0.3 is 5.11 Å². The number of carbonyl (C=O) groups excluding carboxylic acids is 2. The zero-order chi connectivity index (χ0) is 22.7. The van der Waals surface area contributed by atoms with Crippen molar-refractivity contribution in [1.82, 2.24) is 4.98 Å². The second-order valence-corrected chi connectivity index (χ2v) is 10.4. The van der Waals surface area contributed by atoms with Crippen LogP contribution in [-0.4, -0.2) is 21.7 Å². The number of rotatable bonds is 3. The fraction of sp³-hybridized carbons (Fsp3) is 0.444. The maximum absolute atomic E-state index is 13.5. The van der Waals surface area contributed by atoms with Gasteiger partial charge in [-0.3, -0.25) is 14.6 Å². The average molecular weight is 418 g/mol. The van der Waals surface area contributed by atoms with Gasteiger partial charge in [0.05, 0.1) is 5.57 Å². The van der Waals surface area contributed by atoms with Crippen LogP contribution in [-0.2, 0) is 15.6 Å². The average Bonchev–Trinajstić information content (AvgIpc) is 3.03. The Bertz CT molecular complexity index is 1150. The van der Waals surface area contributed by atoms with Crippen LogP contribution in [0.3, 0.4) is 0 Å². The summed E-state index contributed by atoms with van der Waals surface area (Å²) in [5.74, 6) is -0.0618. The Morgan fingerprint density at radius 3 is 2.10 bits per heavy atom. The quantitative estimate of drug-likeness (QED) is 0.630. The summed E-state index contributed by atoms with van der Waals surface area (Å²) in [5, 5.41) is 10.1. The van der Waals surface area contributed by atoms with Gasteiger partial charge in [0, 0.05) is 30.2 Å². The van der Waals surface area contributed by atoms with Gasteiger partial charge in [-0.05, 0) is 71.9 Å². The molecule has 1 N–H and O–H groups in total. The molecule has 2 aliphatic carbocycles. The molecule has 1 aromatic heterocycles. The first kappa shape index (κ1) is 21.5. The number of hydrogen-bond acceptors (Lipinski definition) is 4. The zero-order valence-corrected chi connectivity index (χ0v) is 19.3. The normalized spacial score (nSPS) is 19.5. The molecule has 0 aliphatic heterocycles. The number of benzene rings is 1. The minimum Gasteiger partial charge on any atom is -0.512 e. The van der Waals surface area contributed by atoms with E-state index >= 15 is 0 Å². The van der Waals surface area contributed by atoms with Crippen molar-refractivity contribution in [3.05, 3.63) is 69.2 Å². The molecule has 0 fully saturated rings. The number of ketones is 2. The molecule has 4 heteroatoms. The van der Waals surface area contributed by atoms with E-state index in [1.807, 2.05) is 13.8 Å². The van der Waals surface area contributed by atoms with E-state index in [2.05, 4.69) is 44.8 Å². The van der Waals surface area contributed by atoms with E-state index in [1.165, 1.54) is 17.3 Å². The number of nitrogens with zero attached hydrogens (tertiary/aromatic N) is 1. The van der Waals surface area contributed by atoms with E-state index in [-0.39, 0.29) is 28.2 Å². The first-order valence-corrected chi connectivity index (χ1v) is 11.0. The molecule has 2 aromatic rings. The predicted octanol–water partition coefficient (Wildman–Crippen LogP) is 5.91. The minimum atomic E-state index is -0.0977. The Hall–Kier alpha value is -2.75. The summed E-state index contributed by atoms with van der Waals surface area (Å²) in [6.45, 7) is 12.9. The summed E-state index contributed by atoms with van der Waals surface area (Å²) in [6, 6.07) is 6.06. The van der Waals surface area contributed by atoms with Gasteiger partial charge in [0.1, 0.15) is 11.5 Å². The molecule has 0 saturated heterocycles. The maximum Gasteiger partial charge on any atom is 0.211 e. The lowest BCUT2D eigenvalue weighted by atomic mass is 9.62. The van der Waals surface area contributed by atoms with Crippen molar-refractivity contribution in [2.75, 3.05) is 0 Å². The molecule has 31 heavy (non-hydrogen) atoms. The fourth-order valence-electron chi connectivity index (χ4n) is 5.01. The van der Waals surface area contributed by atoms with Crippen molar-refractivity contribution in [2.24, 2.45) is 0 Å². The summed E-state index contributed by atoms with van der Waals surface area (Å²) in [7, 11) is 0. The number of allylic oxidation sites excluding steroid dienone is 2. The lowest BCUT2D eigenvalue weighted by molar-refractivity contribution is -0.113. The first-order chi connectivity index (χ1) is 14.4. The highest BCUT2D eigenvalue weighted by atomic mass is 16.3. The summed E-state index contributed by atoms with van der Waals surface area (Å²) < 4.78 is 0. The SMILES string of the molecule is Cc1cc2c(cc1C(=O)c1ncc(C3=C(O)CCC3=O)cc1C)C(C)(C)CCC2(C)C. The summed E-state index contributed by atoms with van der Waals surface area (Å²) in [5.41, 5.74) is 6.37. The van der Waals surface area contributed by atoms with E-state index in [1.54, 1.807) is 6.07 Å². The number of hydrogen-bond donors (Lipinski definition) is 1. The molecule has 0 atom stereocenters. The van der Waals surface area contributed by atoms with Crippen LogP contribution in [0.2, 0.25) is 0 Å².